The molecule has 2 atom stereocenters. The zero-order valence-corrected chi connectivity index (χ0v) is 8.83. The maximum atomic E-state index is 10.5. The SMILES string of the molecule is NC[C@H]1C[C@H](c2ccc([N+](=O)[O-])cc2)CO1. The molecule has 16 heavy (non-hydrogen) atoms. The Labute approximate surface area is 93.4 Å². The third-order valence-electron chi connectivity index (χ3n) is 2.92. The lowest BCUT2D eigenvalue weighted by Gasteiger charge is -2.07. The molecule has 0 radical (unpaired) electrons. The van der Waals surface area contributed by atoms with Crippen molar-refractivity contribution in [2.24, 2.45) is 5.73 Å². The first kappa shape index (κ1) is 11.0. The van der Waals surface area contributed by atoms with E-state index in [0.717, 1.165) is 12.0 Å². The third-order valence-corrected chi connectivity index (χ3v) is 2.92. The molecule has 0 unspecified atom stereocenters. The lowest BCUT2D eigenvalue weighted by molar-refractivity contribution is -0.384. The quantitative estimate of drug-likeness (QED) is 0.619. The first-order chi connectivity index (χ1) is 7.70. The number of non-ortho nitro benzene ring substituents is 1. The largest absolute Gasteiger partial charge is 0.376 e. The van der Waals surface area contributed by atoms with E-state index in [1.807, 2.05) is 0 Å². The summed E-state index contributed by atoms with van der Waals surface area (Å²) in [4.78, 5) is 10.1. The summed E-state index contributed by atoms with van der Waals surface area (Å²) >= 11 is 0. The lowest BCUT2D eigenvalue weighted by atomic mass is 9.96. The molecular formula is C11H14N2O3. The molecule has 0 bridgehead atoms. The van der Waals surface area contributed by atoms with Gasteiger partial charge in [0, 0.05) is 24.6 Å². The zero-order chi connectivity index (χ0) is 11.5. The van der Waals surface area contributed by atoms with Crippen LogP contribution in [0.3, 0.4) is 0 Å². The fourth-order valence-corrected chi connectivity index (χ4v) is 1.97. The topological polar surface area (TPSA) is 78.4 Å². The van der Waals surface area contributed by atoms with Crippen molar-refractivity contribution in [1.82, 2.24) is 0 Å². The number of benzene rings is 1. The molecular weight excluding hydrogens is 208 g/mol. The summed E-state index contributed by atoms with van der Waals surface area (Å²) in [5.41, 5.74) is 6.73. The zero-order valence-electron chi connectivity index (χ0n) is 8.83. The summed E-state index contributed by atoms with van der Waals surface area (Å²) in [5, 5.41) is 10.5. The number of nitro benzene ring substituents is 1. The number of nitrogens with two attached hydrogens (primary N) is 1. The monoisotopic (exact) mass is 222 g/mol. The van der Waals surface area contributed by atoms with E-state index in [1.165, 1.54) is 12.1 Å². The van der Waals surface area contributed by atoms with Crippen molar-refractivity contribution in [3.8, 4) is 0 Å². The van der Waals surface area contributed by atoms with Crippen LogP contribution in [0.5, 0.6) is 0 Å². The molecule has 1 heterocycles. The van der Waals surface area contributed by atoms with Crippen LogP contribution >= 0.6 is 0 Å². The molecule has 0 saturated carbocycles. The number of nitro groups is 1. The molecule has 5 heteroatoms. The van der Waals surface area contributed by atoms with Crippen LogP contribution in [0.2, 0.25) is 0 Å². The summed E-state index contributed by atoms with van der Waals surface area (Å²) in [6, 6.07) is 6.66. The van der Waals surface area contributed by atoms with Crippen LogP contribution in [0, 0.1) is 10.1 Å². The minimum Gasteiger partial charge on any atom is -0.376 e. The van der Waals surface area contributed by atoms with E-state index in [-0.39, 0.29) is 11.8 Å². The van der Waals surface area contributed by atoms with E-state index in [2.05, 4.69) is 0 Å². The molecule has 0 spiro atoms. The van der Waals surface area contributed by atoms with E-state index in [1.54, 1.807) is 12.1 Å². The van der Waals surface area contributed by atoms with E-state index >= 15 is 0 Å². The number of hydrogen-bond donors (Lipinski definition) is 1. The highest BCUT2D eigenvalue weighted by Crippen LogP contribution is 2.29. The maximum Gasteiger partial charge on any atom is 0.269 e. The smallest absolute Gasteiger partial charge is 0.269 e. The standard InChI is InChI=1S/C11H14N2O3/c12-6-11-5-9(7-16-11)8-1-3-10(4-2-8)13(14)15/h1-4,9,11H,5-7,12H2/t9-,11+/m0/s1. The van der Waals surface area contributed by atoms with Crippen LogP contribution in [-0.2, 0) is 4.74 Å². The number of hydrogen-bond acceptors (Lipinski definition) is 4. The minimum absolute atomic E-state index is 0.123. The van der Waals surface area contributed by atoms with Crippen molar-refractivity contribution in [2.75, 3.05) is 13.2 Å². The maximum absolute atomic E-state index is 10.5. The molecule has 0 amide bonds. The molecule has 86 valence electrons. The summed E-state index contributed by atoms with van der Waals surface area (Å²) in [5.74, 6) is 0.314. The van der Waals surface area contributed by atoms with Crippen LogP contribution in [0.15, 0.2) is 24.3 Å². The van der Waals surface area contributed by atoms with Crippen molar-refractivity contribution in [3.63, 3.8) is 0 Å². The highest BCUT2D eigenvalue weighted by molar-refractivity contribution is 5.34. The van der Waals surface area contributed by atoms with Gasteiger partial charge in [-0.25, -0.2) is 0 Å². The molecule has 1 aliphatic heterocycles. The summed E-state index contributed by atoms with van der Waals surface area (Å²) in [7, 11) is 0. The predicted octanol–water partition coefficient (Wildman–Crippen LogP) is 1.43. The molecule has 1 aromatic rings. The Morgan fingerprint density at radius 1 is 1.44 bits per heavy atom. The summed E-state index contributed by atoms with van der Waals surface area (Å²) in [6.07, 6.45) is 1.02. The predicted molar refractivity (Wildman–Crippen MR) is 59.2 cm³/mol. The molecule has 0 aliphatic carbocycles. The Morgan fingerprint density at radius 2 is 2.12 bits per heavy atom. The van der Waals surface area contributed by atoms with Crippen molar-refractivity contribution >= 4 is 5.69 Å². The highest BCUT2D eigenvalue weighted by atomic mass is 16.6. The van der Waals surface area contributed by atoms with Gasteiger partial charge in [-0.2, -0.15) is 0 Å². The van der Waals surface area contributed by atoms with Gasteiger partial charge in [0.2, 0.25) is 0 Å². The molecule has 2 rings (SSSR count). The van der Waals surface area contributed by atoms with Crippen LogP contribution < -0.4 is 5.73 Å². The van der Waals surface area contributed by atoms with Crippen molar-refractivity contribution in [3.05, 3.63) is 39.9 Å². The average Bonchev–Trinajstić information content (AvgIpc) is 2.77. The van der Waals surface area contributed by atoms with Gasteiger partial charge in [0.05, 0.1) is 17.6 Å². The highest BCUT2D eigenvalue weighted by Gasteiger charge is 2.25. The Balaban J connectivity index is 2.08. The molecule has 1 aliphatic rings. The van der Waals surface area contributed by atoms with Gasteiger partial charge in [0.1, 0.15) is 0 Å². The van der Waals surface area contributed by atoms with E-state index in [9.17, 15) is 10.1 Å². The fraction of sp³-hybridized carbons (Fsp3) is 0.455. The molecule has 0 aromatic heterocycles. The first-order valence-electron chi connectivity index (χ1n) is 5.26. The normalized spacial score (nSPS) is 24.6. The van der Waals surface area contributed by atoms with Gasteiger partial charge < -0.3 is 10.5 Å². The molecule has 1 aromatic carbocycles. The van der Waals surface area contributed by atoms with Crippen molar-refractivity contribution in [1.29, 1.82) is 0 Å². The van der Waals surface area contributed by atoms with Crippen LogP contribution in [-0.4, -0.2) is 24.2 Å². The lowest BCUT2D eigenvalue weighted by Crippen LogP contribution is -2.18. The third kappa shape index (κ3) is 2.20. The van der Waals surface area contributed by atoms with Gasteiger partial charge in [-0.1, -0.05) is 12.1 Å². The summed E-state index contributed by atoms with van der Waals surface area (Å²) < 4.78 is 5.49. The second-order valence-electron chi connectivity index (χ2n) is 3.97. The number of nitrogens with zero attached hydrogens (tertiary/aromatic N) is 1. The Kier molecular flexibility index (Phi) is 3.17. The second kappa shape index (κ2) is 4.59. The summed E-state index contributed by atoms with van der Waals surface area (Å²) in [6.45, 7) is 1.18. The van der Waals surface area contributed by atoms with Gasteiger partial charge in [-0.3, -0.25) is 10.1 Å². The van der Waals surface area contributed by atoms with Gasteiger partial charge in [0.15, 0.2) is 0 Å². The molecule has 1 saturated heterocycles. The van der Waals surface area contributed by atoms with Crippen LogP contribution in [0.25, 0.3) is 0 Å². The van der Waals surface area contributed by atoms with Gasteiger partial charge in [-0.05, 0) is 12.0 Å². The first-order valence-corrected chi connectivity index (χ1v) is 5.26. The second-order valence-corrected chi connectivity index (χ2v) is 3.97. The number of ether oxygens (including phenoxy) is 1. The molecule has 5 nitrogen and oxygen atoms in total. The average molecular weight is 222 g/mol. The van der Waals surface area contributed by atoms with Crippen LogP contribution in [0.4, 0.5) is 5.69 Å². The molecule has 2 N–H and O–H groups in total. The van der Waals surface area contributed by atoms with Crippen LogP contribution in [0.1, 0.15) is 17.9 Å². The van der Waals surface area contributed by atoms with Crippen molar-refractivity contribution in [2.45, 2.75) is 18.4 Å². The van der Waals surface area contributed by atoms with E-state index in [4.69, 9.17) is 10.5 Å². The van der Waals surface area contributed by atoms with Gasteiger partial charge in [0.25, 0.3) is 5.69 Å². The van der Waals surface area contributed by atoms with Gasteiger partial charge >= 0.3 is 0 Å². The fourth-order valence-electron chi connectivity index (χ4n) is 1.97. The Bertz CT molecular complexity index is 377. The van der Waals surface area contributed by atoms with Gasteiger partial charge in [-0.15, -0.1) is 0 Å². The molecule has 1 fully saturated rings. The Morgan fingerprint density at radius 3 is 2.62 bits per heavy atom. The Hall–Kier alpha value is -1.46. The minimum atomic E-state index is -0.391. The van der Waals surface area contributed by atoms with E-state index < -0.39 is 4.92 Å². The van der Waals surface area contributed by atoms with Crippen molar-refractivity contribution < 1.29 is 9.66 Å². The number of rotatable bonds is 3. The van der Waals surface area contributed by atoms with E-state index in [0.29, 0.717) is 19.1 Å².